The van der Waals surface area contributed by atoms with E-state index in [9.17, 15) is 14.4 Å². The predicted molar refractivity (Wildman–Crippen MR) is 120 cm³/mol. The molecule has 2 amide bonds. The van der Waals surface area contributed by atoms with Crippen molar-refractivity contribution in [3.8, 4) is 11.3 Å². The molecule has 3 aromatic rings. The van der Waals surface area contributed by atoms with E-state index in [2.05, 4.69) is 10.3 Å². The number of likely N-dealkylation sites (N-methyl/N-ethyl adjacent to an activating group) is 1. The van der Waals surface area contributed by atoms with Gasteiger partial charge in [0.15, 0.2) is 5.82 Å². The van der Waals surface area contributed by atoms with Gasteiger partial charge in [-0.05, 0) is 42.8 Å². The van der Waals surface area contributed by atoms with Crippen LogP contribution >= 0.6 is 0 Å². The maximum absolute atomic E-state index is 12.6. The minimum absolute atomic E-state index is 0.145. The third-order valence-electron chi connectivity index (χ3n) is 4.86. The summed E-state index contributed by atoms with van der Waals surface area (Å²) in [7, 11) is 3.15. The molecule has 0 bridgehead atoms. The Morgan fingerprint density at radius 3 is 2.48 bits per heavy atom. The summed E-state index contributed by atoms with van der Waals surface area (Å²) in [5.41, 5.74) is 14.8. The third kappa shape index (κ3) is 4.72. The SMILES string of the molecule is Cc1c(N)cccc1-c1cn(C)c(=O)c(Nc2ccc(C(=O)N(C)CC(N)=O)cc2)n1. The maximum atomic E-state index is 12.6. The van der Waals surface area contributed by atoms with Crippen LogP contribution in [0.25, 0.3) is 11.3 Å². The summed E-state index contributed by atoms with van der Waals surface area (Å²) in [5, 5.41) is 3.01. The molecule has 0 atom stereocenters. The number of anilines is 3. The minimum atomic E-state index is -0.591. The molecular weight excluding hydrogens is 396 g/mol. The molecule has 0 saturated heterocycles. The number of carbonyl (C=O) groups excluding carboxylic acids is 2. The van der Waals surface area contributed by atoms with E-state index in [1.807, 2.05) is 25.1 Å². The highest BCUT2D eigenvalue weighted by molar-refractivity contribution is 5.96. The van der Waals surface area contributed by atoms with Gasteiger partial charge in [0, 0.05) is 42.8 Å². The first-order chi connectivity index (χ1) is 14.7. The summed E-state index contributed by atoms with van der Waals surface area (Å²) in [6.45, 7) is 1.73. The fourth-order valence-electron chi connectivity index (χ4n) is 3.11. The molecule has 2 aromatic carbocycles. The number of nitrogens with one attached hydrogen (secondary N) is 1. The Bertz CT molecular complexity index is 1200. The lowest BCUT2D eigenvalue weighted by Crippen LogP contribution is -2.35. The van der Waals surface area contributed by atoms with Gasteiger partial charge in [-0.15, -0.1) is 0 Å². The molecule has 1 aromatic heterocycles. The van der Waals surface area contributed by atoms with Crippen LogP contribution in [0.5, 0.6) is 0 Å². The number of rotatable bonds is 6. The summed E-state index contributed by atoms with van der Waals surface area (Å²) in [6, 6.07) is 12.0. The molecule has 31 heavy (non-hydrogen) atoms. The van der Waals surface area contributed by atoms with Crippen molar-refractivity contribution in [2.24, 2.45) is 12.8 Å². The number of hydrogen-bond acceptors (Lipinski definition) is 6. The molecule has 9 nitrogen and oxygen atoms in total. The standard InChI is InChI=1S/C22H24N6O3/c1-13-16(5-4-6-17(13)23)18-11-27(2)22(31)20(26-18)25-15-9-7-14(8-10-15)21(30)28(3)12-19(24)29/h4-11H,12,23H2,1-3H3,(H2,24,29)(H,25,26). The number of benzene rings is 2. The largest absolute Gasteiger partial charge is 0.398 e. The molecule has 0 radical (unpaired) electrons. The van der Waals surface area contributed by atoms with Crippen molar-refractivity contribution in [1.29, 1.82) is 0 Å². The van der Waals surface area contributed by atoms with Crippen LogP contribution in [0, 0.1) is 6.92 Å². The van der Waals surface area contributed by atoms with Crippen LogP contribution in [0.3, 0.4) is 0 Å². The van der Waals surface area contributed by atoms with Crippen molar-refractivity contribution in [3.63, 3.8) is 0 Å². The highest BCUT2D eigenvalue weighted by atomic mass is 16.2. The average Bonchev–Trinajstić information content (AvgIpc) is 2.72. The lowest BCUT2D eigenvalue weighted by atomic mass is 10.0. The number of hydrogen-bond donors (Lipinski definition) is 3. The van der Waals surface area contributed by atoms with Crippen molar-refractivity contribution >= 4 is 29.0 Å². The van der Waals surface area contributed by atoms with Crippen LogP contribution in [-0.2, 0) is 11.8 Å². The van der Waals surface area contributed by atoms with Crippen LogP contribution in [0.4, 0.5) is 17.2 Å². The van der Waals surface area contributed by atoms with Gasteiger partial charge in [0.05, 0.1) is 12.2 Å². The number of primary amides is 1. The normalized spacial score (nSPS) is 10.5. The molecule has 9 heteroatoms. The molecular formula is C22H24N6O3. The van der Waals surface area contributed by atoms with Gasteiger partial charge < -0.3 is 26.3 Å². The van der Waals surface area contributed by atoms with E-state index in [1.54, 1.807) is 37.5 Å². The monoisotopic (exact) mass is 420 g/mol. The first kappa shape index (κ1) is 21.6. The Morgan fingerprint density at radius 1 is 1.16 bits per heavy atom. The number of aryl methyl sites for hydroxylation is 1. The summed E-state index contributed by atoms with van der Waals surface area (Å²) in [6.07, 6.45) is 1.66. The molecule has 0 saturated carbocycles. The van der Waals surface area contributed by atoms with E-state index >= 15 is 0 Å². The molecule has 5 N–H and O–H groups in total. The number of amides is 2. The van der Waals surface area contributed by atoms with E-state index in [1.165, 1.54) is 16.5 Å². The quantitative estimate of drug-likeness (QED) is 0.519. The van der Waals surface area contributed by atoms with Crippen molar-refractivity contribution in [2.75, 3.05) is 24.6 Å². The number of carbonyl (C=O) groups is 2. The van der Waals surface area contributed by atoms with E-state index in [4.69, 9.17) is 11.5 Å². The van der Waals surface area contributed by atoms with Gasteiger partial charge in [-0.25, -0.2) is 4.98 Å². The average molecular weight is 420 g/mol. The fraction of sp³-hybridized carbons (Fsp3) is 0.182. The van der Waals surface area contributed by atoms with Crippen molar-refractivity contribution in [3.05, 3.63) is 70.1 Å². The van der Waals surface area contributed by atoms with E-state index < -0.39 is 5.91 Å². The third-order valence-corrected chi connectivity index (χ3v) is 4.86. The lowest BCUT2D eigenvalue weighted by molar-refractivity contribution is -0.118. The molecule has 0 aliphatic carbocycles. The van der Waals surface area contributed by atoms with Crippen LogP contribution in [0.1, 0.15) is 15.9 Å². The van der Waals surface area contributed by atoms with Crippen molar-refractivity contribution in [2.45, 2.75) is 6.92 Å². The maximum Gasteiger partial charge on any atom is 0.293 e. The number of nitrogens with two attached hydrogens (primary N) is 2. The Labute approximate surface area is 179 Å². The molecule has 0 spiro atoms. The topological polar surface area (TPSA) is 136 Å². The van der Waals surface area contributed by atoms with Gasteiger partial charge in [-0.3, -0.25) is 14.4 Å². The number of nitrogen functional groups attached to an aromatic ring is 1. The second-order valence-corrected chi connectivity index (χ2v) is 7.24. The highest BCUT2D eigenvalue weighted by Gasteiger charge is 2.15. The Kier molecular flexibility index (Phi) is 6.05. The van der Waals surface area contributed by atoms with Gasteiger partial charge in [-0.2, -0.15) is 0 Å². The number of nitrogens with zero attached hydrogens (tertiary/aromatic N) is 3. The second kappa shape index (κ2) is 8.70. The molecule has 3 rings (SSSR count). The Hall–Kier alpha value is -4.14. The van der Waals surface area contributed by atoms with E-state index in [-0.39, 0.29) is 23.8 Å². The second-order valence-electron chi connectivity index (χ2n) is 7.24. The molecule has 0 fully saturated rings. The van der Waals surface area contributed by atoms with Crippen LogP contribution in [0.15, 0.2) is 53.5 Å². The van der Waals surface area contributed by atoms with Gasteiger partial charge >= 0.3 is 0 Å². The van der Waals surface area contributed by atoms with Gasteiger partial charge in [0.1, 0.15) is 0 Å². The summed E-state index contributed by atoms with van der Waals surface area (Å²) < 4.78 is 1.45. The van der Waals surface area contributed by atoms with Crippen molar-refractivity contribution in [1.82, 2.24) is 14.5 Å². The zero-order chi connectivity index (χ0) is 22.7. The first-order valence-corrected chi connectivity index (χ1v) is 9.51. The smallest absolute Gasteiger partial charge is 0.293 e. The van der Waals surface area contributed by atoms with E-state index in [0.29, 0.717) is 22.6 Å². The molecule has 0 unspecified atom stereocenters. The van der Waals surface area contributed by atoms with Crippen LogP contribution in [0.2, 0.25) is 0 Å². The molecule has 0 aliphatic heterocycles. The zero-order valence-electron chi connectivity index (χ0n) is 17.5. The first-order valence-electron chi connectivity index (χ1n) is 9.51. The lowest BCUT2D eigenvalue weighted by Gasteiger charge is -2.15. The summed E-state index contributed by atoms with van der Waals surface area (Å²) in [5.74, 6) is -0.781. The van der Waals surface area contributed by atoms with Gasteiger partial charge in [-0.1, -0.05) is 12.1 Å². The van der Waals surface area contributed by atoms with Gasteiger partial charge in [0.2, 0.25) is 5.91 Å². The number of aromatic nitrogens is 2. The van der Waals surface area contributed by atoms with Crippen LogP contribution in [-0.4, -0.2) is 39.9 Å². The van der Waals surface area contributed by atoms with Gasteiger partial charge in [0.25, 0.3) is 11.5 Å². The minimum Gasteiger partial charge on any atom is -0.398 e. The highest BCUT2D eigenvalue weighted by Crippen LogP contribution is 2.26. The predicted octanol–water partition coefficient (Wildman–Crippen LogP) is 1.64. The summed E-state index contributed by atoms with van der Waals surface area (Å²) in [4.78, 5) is 41.6. The van der Waals surface area contributed by atoms with Crippen molar-refractivity contribution < 1.29 is 9.59 Å². The molecule has 160 valence electrons. The summed E-state index contributed by atoms with van der Waals surface area (Å²) >= 11 is 0. The van der Waals surface area contributed by atoms with E-state index in [0.717, 1.165) is 11.1 Å². The Morgan fingerprint density at radius 2 is 1.84 bits per heavy atom. The van der Waals surface area contributed by atoms with Crippen LogP contribution < -0.4 is 22.3 Å². The molecule has 1 heterocycles. The Balaban J connectivity index is 1.88. The fourth-order valence-corrected chi connectivity index (χ4v) is 3.11. The zero-order valence-corrected chi connectivity index (χ0v) is 17.5. The molecule has 0 aliphatic rings.